The first-order valence-electron chi connectivity index (χ1n) is 13.5. The molecule has 0 heterocycles. The molecular formula is C29H43N3O5S. The standard InChI is InChI=1S/C29H43N3O5S/c1-5-8-21-30-29(34)25(6-2)31(23-20-24-15-10-9-11-16-24)28(33)19-14-22-32(38(4,35)36)26-17-12-13-18-27(26)37-7-3/h9-13,15-18,25H,5-8,14,19-23H2,1-4H3,(H,30,34). The Morgan fingerprint density at radius 2 is 1.63 bits per heavy atom. The van der Waals surface area contributed by atoms with Gasteiger partial charge >= 0.3 is 0 Å². The van der Waals surface area contributed by atoms with Gasteiger partial charge in [0.05, 0.1) is 18.6 Å². The number of unbranched alkanes of at least 4 members (excludes halogenated alkanes) is 1. The Hall–Kier alpha value is -3.07. The van der Waals surface area contributed by atoms with Gasteiger partial charge in [-0.15, -0.1) is 0 Å². The highest BCUT2D eigenvalue weighted by atomic mass is 32.2. The predicted molar refractivity (Wildman–Crippen MR) is 153 cm³/mol. The number of nitrogens with one attached hydrogen (secondary N) is 1. The third-order valence-corrected chi connectivity index (χ3v) is 7.47. The van der Waals surface area contributed by atoms with Crippen molar-refractivity contribution in [2.45, 2.75) is 65.3 Å². The fourth-order valence-corrected chi connectivity index (χ4v) is 5.29. The molecule has 0 spiro atoms. The molecular weight excluding hydrogens is 502 g/mol. The summed E-state index contributed by atoms with van der Waals surface area (Å²) in [5, 5.41) is 2.97. The van der Waals surface area contributed by atoms with Crippen LogP contribution in [0.25, 0.3) is 0 Å². The summed E-state index contributed by atoms with van der Waals surface area (Å²) < 4.78 is 32.2. The summed E-state index contributed by atoms with van der Waals surface area (Å²) >= 11 is 0. The molecule has 0 radical (unpaired) electrons. The molecule has 0 saturated heterocycles. The van der Waals surface area contributed by atoms with Crippen LogP contribution < -0.4 is 14.4 Å². The number of sulfonamides is 1. The molecule has 8 nitrogen and oxygen atoms in total. The second-order valence-electron chi connectivity index (χ2n) is 9.23. The van der Waals surface area contributed by atoms with Gasteiger partial charge in [-0.05, 0) is 50.3 Å². The van der Waals surface area contributed by atoms with Crippen molar-refractivity contribution in [1.82, 2.24) is 10.2 Å². The fourth-order valence-electron chi connectivity index (χ4n) is 4.33. The number of ether oxygens (including phenoxy) is 1. The van der Waals surface area contributed by atoms with E-state index in [1.165, 1.54) is 4.31 Å². The molecule has 1 unspecified atom stereocenters. The van der Waals surface area contributed by atoms with Crippen molar-refractivity contribution in [2.24, 2.45) is 0 Å². The molecule has 9 heteroatoms. The third kappa shape index (κ3) is 9.67. The average molecular weight is 546 g/mol. The minimum Gasteiger partial charge on any atom is -0.492 e. The van der Waals surface area contributed by atoms with Gasteiger partial charge in [0.2, 0.25) is 21.8 Å². The van der Waals surface area contributed by atoms with Crippen LogP contribution in [0.4, 0.5) is 5.69 Å². The normalized spacial score (nSPS) is 12.0. The number of rotatable bonds is 17. The second kappa shape index (κ2) is 16.0. The highest BCUT2D eigenvalue weighted by Crippen LogP contribution is 2.30. The molecule has 1 atom stereocenters. The summed E-state index contributed by atoms with van der Waals surface area (Å²) in [6, 6.07) is 16.3. The van der Waals surface area contributed by atoms with Crippen LogP contribution in [0, 0.1) is 0 Å². The van der Waals surface area contributed by atoms with E-state index in [1.807, 2.05) is 44.2 Å². The van der Waals surface area contributed by atoms with Crippen LogP contribution in [0.15, 0.2) is 54.6 Å². The van der Waals surface area contributed by atoms with Crippen LogP contribution in [0.5, 0.6) is 5.75 Å². The monoisotopic (exact) mass is 545 g/mol. The molecule has 210 valence electrons. The summed E-state index contributed by atoms with van der Waals surface area (Å²) in [7, 11) is -3.61. The molecule has 0 aliphatic heterocycles. The molecule has 0 bridgehead atoms. The number of hydrogen-bond acceptors (Lipinski definition) is 5. The molecule has 0 aliphatic rings. The zero-order chi connectivity index (χ0) is 28.0. The topological polar surface area (TPSA) is 96.0 Å². The number of carbonyl (C=O) groups is 2. The van der Waals surface area contributed by atoms with Gasteiger partial charge in [0.25, 0.3) is 0 Å². The summed E-state index contributed by atoms with van der Waals surface area (Å²) in [5.74, 6) is 0.168. The number of amides is 2. The van der Waals surface area contributed by atoms with Crippen LogP contribution in [0.2, 0.25) is 0 Å². The lowest BCUT2D eigenvalue weighted by atomic mass is 10.1. The van der Waals surface area contributed by atoms with Crippen LogP contribution in [-0.2, 0) is 26.0 Å². The Balaban J connectivity index is 2.17. The number of hydrogen-bond donors (Lipinski definition) is 1. The Morgan fingerprint density at radius 3 is 2.26 bits per heavy atom. The van der Waals surface area contributed by atoms with Gasteiger partial charge in [-0.2, -0.15) is 0 Å². The van der Waals surface area contributed by atoms with Crippen LogP contribution in [-0.4, -0.2) is 63.7 Å². The van der Waals surface area contributed by atoms with Gasteiger partial charge in [0.15, 0.2) is 0 Å². The van der Waals surface area contributed by atoms with Crippen molar-refractivity contribution >= 4 is 27.5 Å². The van der Waals surface area contributed by atoms with E-state index in [0.29, 0.717) is 50.4 Å². The van der Waals surface area contributed by atoms with E-state index in [0.717, 1.165) is 24.7 Å². The highest BCUT2D eigenvalue weighted by Gasteiger charge is 2.28. The SMILES string of the molecule is CCCCNC(=O)C(CC)N(CCc1ccccc1)C(=O)CCCN(c1ccccc1OCC)S(C)(=O)=O. The van der Waals surface area contributed by atoms with E-state index in [1.54, 1.807) is 29.2 Å². The number of anilines is 1. The molecule has 2 amide bonds. The maximum atomic E-state index is 13.5. The second-order valence-corrected chi connectivity index (χ2v) is 11.1. The smallest absolute Gasteiger partial charge is 0.242 e. The van der Waals surface area contributed by atoms with E-state index in [2.05, 4.69) is 12.2 Å². The van der Waals surface area contributed by atoms with Gasteiger partial charge in [0, 0.05) is 26.1 Å². The van der Waals surface area contributed by atoms with Crippen molar-refractivity contribution in [2.75, 3.05) is 36.8 Å². The number of para-hydroxylation sites is 2. The van der Waals surface area contributed by atoms with E-state index in [4.69, 9.17) is 4.74 Å². The van der Waals surface area contributed by atoms with E-state index < -0.39 is 16.1 Å². The van der Waals surface area contributed by atoms with Crippen molar-refractivity contribution in [3.8, 4) is 5.75 Å². The molecule has 0 fully saturated rings. The quantitative estimate of drug-likeness (QED) is 0.297. The maximum Gasteiger partial charge on any atom is 0.242 e. The maximum absolute atomic E-state index is 13.5. The molecule has 2 aromatic rings. The zero-order valence-corrected chi connectivity index (χ0v) is 24.0. The van der Waals surface area contributed by atoms with Crippen LogP contribution >= 0.6 is 0 Å². The Kier molecular flexibility index (Phi) is 13.1. The summed E-state index contributed by atoms with van der Waals surface area (Å²) in [6.45, 7) is 7.32. The first kappa shape index (κ1) is 31.1. The average Bonchev–Trinajstić information content (AvgIpc) is 2.89. The first-order chi connectivity index (χ1) is 18.2. The number of benzene rings is 2. The van der Waals surface area contributed by atoms with Crippen LogP contribution in [0.1, 0.15) is 58.4 Å². The Labute approximate surface area is 228 Å². The minimum atomic E-state index is -3.61. The van der Waals surface area contributed by atoms with E-state index in [9.17, 15) is 18.0 Å². The molecule has 0 aromatic heterocycles. The fraction of sp³-hybridized carbons (Fsp3) is 0.517. The van der Waals surface area contributed by atoms with E-state index >= 15 is 0 Å². The first-order valence-corrected chi connectivity index (χ1v) is 15.4. The predicted octanol–water partition coefficient (Wildman–Crippen LogP) is 4.40. The Bertz CT molecular complexity index is 1110. The van der Waals surface area contributed by atoms with Gasteiger partial charge in [-0.25, -0.2) is 8.42 Å². The van der Waals surface area contributed by atoms with Crippen molar-refractivity contribution < 1.29 is 22.7 Å². The lowest BCUT2D eigenvalue weighted by Crippen LogP contribution is -2.50. The Morgan fingerprint density at radius 1 is 0.947 bits per heavy atom. The molecule has 38 heavy (non-hydrogen) atoms. The van der Waals surface area contributed by atoms with Crippen molar-refractivity contribution in [1.29, 1.82) is 0 Å². The number of nitrogens with zero attached hydrogens (tertiary/aromatic N) is 2. The van der Waals surface area contributed by atoms with Crippen molar-refractivity contribution in [3.63, 3.8) is 0 Å². The lowest BCUT2D eigenvalue weighted by molar-refractivity contribution is -0.140. The summed E-state index contributed by atoms with van der Waals surface area (Å²) in [6.07, 6.45) is 4.55. The van der Waals surface area contributed by atoms with E-state index in [-0.39, 0.29) is 24.8 Å². The van der Waals surface area contributed by atoms with Gasteiger partial charge in [-0.1, -0.05) is 62.7 Å². The molecule has 1 N–H and O–H groups in total. The van der Waals surface area contributed by atoms with Gasteiger partial charge < -0.3 is 15.0 Å². The third-order valence-electron chi connectivity index (χ3n) is 6.29. The zero-order valence-electron chi connectivity index (χ0n) is 23.2. The molecule has 0 aliphatic carbocycles. The lowest BCUT2D eigenvalue weighted by Gasteiger charge is -2.31. The molecule has 2 rings (SSSR count). The van der Waals surface area contributed by atoms with Gasteiger partial charge in [0.1, 0.15) is 11.8 Å². The largest absolute Gasteiger partial charge is 0.492 e. The van der Waals surface area contributed by atoms with Crippen LogP contribution in [0.3, 0.4) is 0 Å². The molecule has 2 aromatic carbocycles. The molecule has 0 saturated carbocycles. The highest BCUT2D eigenvalue weighted by molar-refractivity contribution is 7.92. The summed E-state index contributed by atoms with van der Waals surface area (Å²) in [5.41, 5.74) is 1.54. The number of carbonyl (C=O) groups excluding carboxylic acids is 2. The summed E-state index contributed by atoms with van der Waals surface area (Å²) in [4.78, 5) is 28.1. The van der Waals surface area contributed by atoms with Gasteiger partial charge in [-0.3, -0.25) is 13.9 Å². The minimum absolute atomic E-state index is 0.121. The van der Waals surface area contributed by atoms with Crippen molar-refractivity contribution in [3.05, 3.63) is 60.2 Å².